The number of benzene rings is 1. The van der Waals surface area contributed by atoms with Crippen molar-refractivity contribution in [3.05, 3.63) is 23.8 Å². The third kappa shape index (κ3) is 6.48. The quantitative estimate of drug-likeness (QED) is 0.667. The molecule has 2 amide bonds. The van der Waals surface area contributed by atoms with Gasteiger partial charge < -0.3 is 19.7 Å². The molecule has 0 radical (unpaired) electrons. The van der Waals surface area contributed by atoms with Crippen LogP contribution < -0.4 is 14.8 Å². The molecule has 0 unspecified atom stereocenters. The molecule has 0 atom stereocenters. The van der Waals surface area contributed by atoms with Crippen LogP contribution in [0, 0.1) is 0 Å². The molecule has 6 nitrogen and oxygen atoms in total. The van der Waals surface area contributed by atoms with Crippen LogP contribution in [-0.2, 0) is 4.79 Å². The summed E-state index contributed by atoms with van der Waals surface area (Å²) >= 11 is 0. The van der Waals surface area contributed by atoms with E-state index in [1.54, 1.807) is 30.0 Å². The van der Waals surface area contributed by atoms with Crippen molar-refractivity contribution in [2.45, 2.75) is 33.1 Å². The summed E-state index contributed by atoms with van der Waals surface area (Å²) in [6.07, 6.45) is 3.19. The molecule has 0 spiro atoms. The molecule has 0 heterocycles. The number of methoxy groups -OCH3 is 2. The Morgan fingerprint density at radius 3 is 2.17 bits per heavy atom. The van der Waals surface area contributed by atoms with Crippen LogP contribution in [0.2, 0.25) is 0 Å². The summed E-state index contributed by atoms with van der Waals surface area (Å²) in [4.78, 5) is 25.7. The lowest BCUT2D eigenvalue weighted by Gasteiger charge is -2.21. The lowest BCUT2D eigenvalue weighted by atomic mass is 10.2. The minimum Gasteiger partial charge on any atom is -0.497 e. The highest BCUT2D eigenvalue weighted by Crippen LogP contribution is 2.22. The molecule has 0 aliphatic carbocycles. The first-order valence-electron chi connectivity index (χ1n) is 8.28. The van der Waals surface area contributed by atoms with Crippen LogP contribution >= 0.6 is 0 Å². The number of nitrogens with zero attached hydrogens (tertiary/aromatic N) is 1. The molecular weight excluding hydrogens is 308 g/mol. The summed E-state index contributed by atoms with van der Waals surface area (Å²) in [6, 6.07) is 5.02. The number of unbranched alkanes of at least 4 members (excludes halogenated alkanes) is 2. The molecule has 1 aromatic rings. The van der Waals surface area contributed by atoms with Crippen molar-refractivity contribution in [3.8, 4) is 11.5 Å². The van der Waals surface area contributed by atoms with E-state index in [1.807, 2.05) is 0 Å². The Bertz CT molecular complexity index is 524. The van der Waals surface area contributed by atoms with Crippen LogP contribution in [0.15, 0.2) is 18.2 Å². The smallest absolute Gasteiger partial charge is 0.251 e. The van der Waals surface area contributed by atoms with Gasteiger partial charge >= 0.3 is 0 Å². The van der Waals surface area contributed by atoms with Crippen molar-refractivity contribution in [3.63, 3.8) is 0 Å². The summed E-state index contributed by atoms with van der Waals surface area (Å²) in [5.41, 5.74) is 0.464. The summed E-state index contributed by atoms with van der Waals surface area (Å²) < 4.78 is 10.3. The number of hydrogen-bond acceptors (Lipinski definition) is 4. The van der Waals surface area contributed by atoms with E-state index < -0.39 is 0 Å². The monoisotopic (exact) mass is 336 g/mol. The van der Waals surface area contributed by atoms with Crippen LogP contribution in [0.5, 0.6) is 11.5 Å². The van der Waals surface area contributed by atoms with Gasteiger partial charge in [-0.15, -0.1) is 0 Å². The lowest BCUT2D eigenvalue weighted by molar-refractivity contribution is -0.128. The first-order chi connectivity index (χ1) is 11.5. The van der Waals surface area contributed by atoms with Gasteiger partial charge in [-0.25, -0.2) is 0 Å². The normalized spacial score (nSPS) is 10.2. The number of nitrogens with one attached hydrogen (secondary N) is 1. The molecule has 1 N–H and O–H groups in total. The summed E-state index contributed by atoms with van der Waals surface area (Å²) in [5, 5.41) is 2.83. The Morgan fingerprint density at radius 1 is 1.04 bits per heavy atom. The molecule has 0 bridgehead atoms. The van der Waals surface area contributed by atoms with Crippen LogP contribution in [0.3, 0.4) is 0 Å². The maximum atomic E-state index is 12.3. The highest BCUT2D eigenvalue weighted by atomic mass is 16.5. The van der Waals surface area contributed by atoms with E-state index in [2.05, 4.69) is 12.2 Å². The van der Waals surface area contributed by atoms with Gasteiger partial charge in [0.05, 0.1) is 14.2 Å². The van der Waals surface area contributed by atoms with E-state index in [4.69, 9.17) is 9.47 Å². The molecular formula is C18H28N2O4. The fourth-order valence-electron chi connectivity index (χ4n) is 2.32. The molecule has 134 valence electrons. The van der Waals surface area contributed by atoms with E-state index in [-0.39, 0.29) is 11.8 Å². The second-order valence-electron chi connectivity index (χ2n) is 5.57. The highest BCUT2D eigenvalue weighted by molar-refractivity contribution is 5.95. The number of carbonyl (C=O) groups excluding carboxylic acids is 2. The Hall–Kier alpha value is -2.24. The van der Waals surface area contributed by atoms with Gasteiger partial charge in [-0.2, -0.15) is 0 Å². The maximum absolute atomic E-state index is 12.3. The molecule has 0 aliphatic rings. The molecule has 0 saturated heterocycles. The van der Waals surface area contributed by atoms with E-state index in [9.17, 15) is 9.59 Å². The zero-order valence-corrected chi connectivity index (χ0v) is 15.1. The number of hydrogen-bond donors (Lipinski definition) is 1. The van der Waals surface area contributed by atoms with Gasteiger partial charge in [0.2, 0.25) is 5.91 Å². The molecule has 0 fully saturated rings. The predicted molar refractivity (Wildman–Crippen MR) is 93.7 cm³/mol. The molecule has 0 aliphatic heterocycles. The Labute approximate surface area is 144 Å². The van der Waals surface area contributed by atoms with Gasteiger partial charge in [-0.1, -0.05) is 19.8 Å². The van der Waals surface area contributed by atoms with E-state index >= 15 is 0 Å². The van der Waals surface area contributed by atoms with Crippen molar-refractivity contribution in [1.29, 1.82) is 0 Å². The average molecular weight is 336 g/mol. The zero-order chi connectivity index (χ0) is 17.9. The van der Waals surface area contributed by atoms with Gasteiger partial charge in [0.1, 0.15) is 11.5 Å². The summed E-state index contributed by atoms with van der Waals surface area (Å²) in [5.74, 6) is 0.932. The van der Waals surface area contributed by atoms with Crippen LogP contribution in [0.1, 0.15) is 43.5 Å². The first-order valence-corrected chi connectivity index (χ1v) is 8.28. The largest absolute Gasteiger partial charge is 0.497 e. The molecule has 1 rings (SSSR count). The van der Waals surface area contributed by atoms with Crippen LogP contribution in [0.4, 0.5) is 0 Å². The van der Waals surface area contributed by atoms with Crippen molar-refractivity contribution >= 4 is 11.8 Å². The SMILES string of the molecule is CCCCCN(CCNC(=O)c1cc(OC)cc(OC)c1)C(C)=O. The Kier molecular flexibility index (Phi) is 8.68. The van der Waals surface area contributed by atoms with Crippen molar-refractivity contribution in [2.24, 2.45) is 0 Å². The van der Waals surface area contributed by atoms with Gasteiger partial charge in [0.15, 0.2) is 0 Å². The van der Waals surface area contributed by atoms with Gasteiger partial charge in [0.25, 0.3) is 5.91 Å². The molecule has 6 heteroatoms. The molecule has 1 aromatic carbocycles. The molecule has 0 saturated carbocycles. The van der Waals surface area contributed by atoms with Crippen molar-refractivity contribution in [1.82, 2.24) is 10.2 Å². The number of amides is 2. The second kappa shape index (κ2) is 10.5. The topological polar surface area (TPSA) is 67.9 Å². The Morgan fingerprint density at radius 2 is 1.67 bits per heavy atom. The third-order valence-corrected chi connectivity index (χ3v) is 3.76. The molecule has 0 aromatic heterocycles. The van der Waals surface area contributed by atoms with E-state index in [0.29, 0.717) is 30.2 Å². The average Bonchev–Trinajstić information content (AvgIpc) is 2.59. The van der Waals surface area contributed by atoms with Crippen LogP contribution in [0.25, 0.3) is 0 Å². The second-order valence-corrected chi connectivity index (χ2v) is 5.57. The van der Waals surface area contributed by atoms with Crippen molar-refractivity contribution in [2.75, 3.05) is 33.9 Å². The van der Waals surface area contributed by atoms with E-state index in [1.165, 1.54) is 14.2 Å². The van der Waals surface area contributed by atoms with Gasteiger partial charge in [-0.3, -0.25) is 9.59 Å². The predicted octanol–water partition coefficient (Wildman–Crippen LogP) is 2.47. The lowest BCUT2D eigenvalue weighted by Crippen LogP contribution is -2.38. The van der Waals surface area contributed by atoms with Crippen molar-refractivity contribution < 1.29 is 19.1 Å². The standard InChI is InChI=1S/C18H28N2O4/c1-5-6-7-9-20(14(2)21)10-8-19-18(22)15-11-16(23-3)13-17(12-15)24-4/h11-13H,5-10H2,1-4H3,(H,19,22). The minimum absolute atomic E-state index is 0.0309. The fourth-order valence-corrected chi connectivity index (χ4v) is 2.32. The zero-order valence-electron chi connectivity index (χ0n) is 15.1. The summed E-state index contributed by atoms with van der Waals surface area (Å²) in [7, 11) is 3.08. The third-order valence-electron chi connectivity index (χ3n) is 3.76. The van der Waals surface area contributed by atoms with Gasteiger partial charge in [0, 0.05) is 38.2 Å². The van der Waals surface area contributed by atoms with Gasteiger partial charge in [-0.05, 0) is 18.6 Å². The van der Waals surface area contributed by atoms with Crippen LogP contribution in [-0.4, -0.2) is 50.6 Å². The maximum Gasteiger partial charge on any atom is 0.251 e. The number of ether oxygens (including phenoxy) is 2. The number of rotatable bonds is 10. The molecule has 24 heavy (non-hydrogen) atoms. The summed E-state index contributed by atoms with van der Waals surface area (Å²) in [6.45, 7) is 5.32. The fraction of sp³-hybridized carbons (Fsp3) is 0.556. The van der Waals surface area contributed by atoms with E-state index in [0.717, 1.165) is 25.8 Å². The first kappa shape index (κ1) is 19.8. The Balaban J connectivity index is 2.57. The highest BCUT2D eigenvalue weighted by Gasteiger charge is 2.12. The number of carbonyl (C=O) groups is 2. The minimum atomic E-state index is -0.218.